The molecule has 206 valence electrons. The number of methoxy groups -OCH3 is 1. The van der Waals surface area contributed by atoms with Gasteiger partial charge in [0.25, 0.3) is 5.56 Å². The Kier molecular flexibility index (Phi) is 10.0. The van der Waals surface area contributed by atoms with Crippen LogP contribution in [0.3, 0.4) is 0 Å². The van der Waals surface area contributed by atoms with Crippen molar-refractivity contribution in [3.05, 3.63) is 98.3 Å². The Labute approximate surface area is 223 Å². The van der Waals surface area contributed by atoms with Gasteiger partial charge < -0.3 is 24.8 Å². The van der Waals surface area contributed by atoms with E-state index in [1.54, 1.807) is 24.3 Å². The molecule has 2 aromatic carbocycles. The zero-order valence-electron chi connectivity index (χ0n) is 21.6. The highest BCUT2D eigenvalue weighted by Gasteiger charge is 2.31. The molecule has 1 unspecified atom stereocenters. The zero-order valence-corrected chi connectivity index (χ0v) is 21.6. The number of esters is 1. The fraction of sp³-hybridized carbons (Fsp3) is 0.296. The summed E-state index contributed by atoms with van der Waals surface area (Å²) in [4.78, 5) is 65.8. The van der Waals surface area contributed by atoms with Crippen LogP contribution < -0.4 is 16.6 Å². The van der Waals surface area contributed by atoms with Crippen molar-refractivity contribution in [3.63, 3.8) is 0 Å². The Bertz CT molecular complexity index is 1400. The predicted octanol–water partition coefficient (Wildman–Crippen LogP) is 1.09. The van der Waals surface area contributed by atoms with Crippen molar-refractivity contribution < 1.29 is 29.0 Å². The van der Waals surface area contributed by atoms with Crippen molar-refractivity contribution in [1.82, 2.24) is 19.8 Å². The highest BCUT2D eigenvalue weighted by Crippen LogP contribution is 2.15. The number of alkyl carbamates (subject to hydrolysis) is 1. The third kappa shape index (κ3) is 8.32. The van der Waals surface area contributed by atoms with Gasteiger partial charge in [-0.3, -0.25) is 19.1 Å². The molecule has 12 heteroatoms. The average molecular weight is 539 g/mol. The standard InChI is InChI=1S/C27H30N4O8/c1-18-15-30(26(36)29-24(18)34)16-23(33)31(13-12-28-27(37)39-17-20-6-4-3-5-7-20)22(25(35)38-2)14-19-8-10-21(32)11-9-19/h3-11,15,22,32H,12-14,16-17H2,1-2H3,(H,28,37)(H,29,34,36). The third-order valence-electron chi connectivity index (χ3n) is 5.86. The average Bonchev–Trinajstić information content (AvgIpc) is 2.93. The van der Waals surface area contributed by atoms with Crippen LogP contribution in [0.5, 0.6) is 5.75 Å². The number of hydrogen-bond acceptors (Lipinski definition) is 8. The first kappa shape index (κ1) is 28.7. The number of amides is 2. The smallest absolute Gasteiger partial charge is 0.407 e. The number of carbonyl (C=O) groups is 3. The summed E-state index contributed by atoms with van der Waals surface area (Å²) in [6, 6.07) is 14.1. The minimum atomic E-state index is -1.12. The summed E-state index contributed by atoms with van der Waals surface area (Å²) < 4.78 is 11.2. The maximum atomic E-state index is 13.4. The summed E-state index contributed by atoms with van der Waals surface area (Å²) in [5.74, 6) is -1.31. The van der Waals surface area contributed by atoms with Gasteiger partial charge in [0.1, 0.15) is 24.9 Å². The van der Waals surface area contributed by atoms with Gasteiger partial charge in [-0.25, -0.2) is 14.4 Å². The van der Waals surface area contributed by atoms with Crippen LogP contribution in [0.15, 0.2) is 70.4 Å². The van der Waals surface area contributed by atoms with Gasteiger partial charge >= 0.3 is 17.8 Å². The van der Waals surface area contributed by atoms with Crippen LogP contribution in [0, 0.1) is 6.92 Å². The van der Waals surface area contributed by atoms with Crippen molar-refractivity contribution in [2.75, 3.05) is 20.2 Å². The number of nitrogens with zero attached hydrogens (tertiary/aromatic N) is 2. The molecule has 12 nitrogen and oxygen atoms in total. The lowest BCUT2D eigenvalue weighted by atomic mass is 10.0. The number of rotatable bonds is 11. The zero-order chi connectivity index (χ0) is 28.4. The first-order valence-electron chi connectivity index (χ1n) is 12.1. The fourth-order valence-corrected chi connectivity index (χ4v) is 3.79. The van der Waals surface area contributed by atoms with Crippen LogP contribution in [0.2, 0.25) is 0 Å². The van der Waals surface area contributed by atoms with E-state index in [4.69, 9.17) is 9.47 Å². The molecule has 0 fully saturated rings. The van der Waals surface area contributed by atoms with Gasteiger partial charge in [-0.2, -0.15) is 0 Å². The summed E-state index contributed by atoms with van der Waals surface area (Å²) in [5, 5.41) is 12.2. The van der Waals surface area contributed by atoms with Crippen molar-refractivity contribution in [3.8, 4) is 5.75 Å². The molecule has 3 aromatic rings. The number of nitrogens with one attached hydrogen (secondary N) is 2. The lowest BCUT2D eigenvalue weighted by Gasteiger charge is -2.30. The molecule has 39 heavy (non-hydrogen) atoms. The van der Waals surface area contributed by atoms with E-state index in [2.05, 4.69) is 10.3 Å². The number of H-pyrrole nitrogens is 1. The monoisotopic (exact) mass is 538 g/mol. The number of benzene rings is 2. The molecule has 0 saturated heterocycles. The summed E-state index contributed by atoms with van der Waals surface area (Å²) in [5.41, 5.74) is 0.303. The van der Waals surface area contributed by atoms with E-state index in [0.717, 1.165) is 10.1 Å². The molecule has 0 bridgehead atoms. The number of ether oxygens (including phenoxy) is 2. The van der Waals surface area contributed by atoms with E-state index < -0.39 is 41.8 Å². The first-order valence-corrected chi connectivity index (χ1v) is 12.1. The van der Waals surface area contributed by atoms with Crippen molar-refractivity contribution in [2.24, 2.45) is 0 Å². The molecule has 1 atom stereocenters. The minimum Gasteiger partial charge on any atom is -0.508 e. The Morgan fingerprint density at radius 3 is 2.41 bits per heavy atom. The molecule has 0 radical (unpaired) electrons. The molecule has 3 rings (SSSR count). The van der Waals surface area contributed by atoms with Crippen LogP contribution in [-0.4, -0.2) is 63.8 Å². The Morgan fingerprint density at radius 1 is 1.05 bits per heavy atom. The van der Waals surface area contributed by atoms with Crippen LogP contribution in [0.4, 0.5) is 4.79 Å². The second-order valence-electron chi connectivity index (χ2n) is 8.68. The van der Waals surface area contributed by atoms with Gasteiger partial charge in [-0.1, -0.05) is 42.5 Å². The number of hydrogen-bond donors (Lipinski definition) is 3. The highest BCUT2D eigenvalue weighted by molar-refractivity contribution is 5.84. The quantitative estimate of drug-likeness (QED) is 0.306. The van der Waals surface area contributed by atoms with E-state index in [-0.39, 0.29) is 37.4 Å². The van der Waals surface area contributed by atoms with Crippen molar-refractivity contribution >= 4 is 18.0 Å². The minimum absolute atomic E-state index is 0.0346. The van der Waals surface area contributed by atoms with E-state index in [9.17, 15) is 29.1 Å². The molecule has 1 heterocycles. The topological polar surface area (TPSA) is 160 Å². The number of aromatic amines is 1. The number of phenols is 1. The lowest BCUT2D eigenvalue weighted by molar-refractivity contribution is -0.153. The lowest BCUT2D eigenvalue weighted by Crippen LogP contribution is -2.51. The molecule has 1 aromatic heterocycles. The number of aryl methyl sites for hydroxylation is 1. The molecule has 0 aliphatic rings. The molecule has 0 spiro atoms. The van der Waals surface area contributed by atoms with Crippen LogP contribution >= 0.6 is 0 Å². The summed E-state index contributed by atoms with van der Waals surface area (Å²) >= 11 is 0. The first-order chi connectivity index (χ1) is 18.7. The van der Waals surface area contributed by atoms with Gasteiger partial charge in [0, 0.05) is 31.3 Å². The van der Waals surface area contributed by atoms with Gasteiger partial charge in [-0.15, -0.1) is 0 Å². The molecule has 0 saturated carbocycles. The van der Waals surface area contributed by atoms with E-state index in [0.29, 0.717) is 5.56 Å². The maximum absolute atomic E-state index is 13.4. The molecule has 0 aliphatic heterocycles. The second-order valence-corrected chi connectivity index (χ2v) is 8.68. The predicted molar refractivity (Wildman–Crippen MR) is 140 cm³/mol. The van der Waals surface area contributed by atoms with E-state index in [1.807, 2.05) is 18.2 Å². The SMILES string of the molecule is COC(=O)C(Cc1ccc(O)cc1)N(CCNC(=O)OCc1ccccc1)C(=O)Cn1cc(C)c(=O)[nH]c1=O. The molecular formula is C27H30N4O8. The van der Waals surface area contributed by atoms with Crippen molar-refractivity contribution in [2.45, 2.75) is 32.5 Å². The largest absolute Gasteiger partial charge is 0.508 e. The number of aromatic hydroxyl groups is 1. The van der Waals surface area contributed by atoms with Gasteiger partial charge in [-0.05, 0) is 30.2 Å². The Hall–Kier alpha value is -4.87. The third-order valence-corrected chi connectivity index (χ3v) is 5.86. The Morgan fingerprint density at radius 2 is 1.74 bits per heavy atom. The number of phenolic OH excluding ortho intramolecular Hbond substituents is 1. The molecule has 2 amide bonds. The molecule has 3 N–H and O–H groups in total. The van der Waals surface area contributed by atoms with Crippen LogP contribution in [0.25, 0.3) is 0 Å². The van der Waals surface area contributed by atoms with Crippen LogP contribution in [0.1, 0.15) is 16.7 Å². The van der Waals surface area contributed by atoms with Gasteiger partial charge in [0.2, 0.25) is 5.91 Å². The molecular weight excluding hydrogens is 508 g/mol. The maximum Gasteiger partial charge on any atom is 0.407 e. The van der Waals surface area contributed by atoms with Gasteiger partial charge in [0.15, 0.2) is 0 Å². The Balaban J connectivity index is 1.78. The molecule has 0 aliphatic carbocycles. The van der Waals surface area contributed by atoms with Gasteiger partial charge in [0.05, 0.1) is 7.11 Å². The highest BCUT2D eigenvalue weighted by atomic mass is 16.5. The van der Waals surface area contributed by atoms with E-state index >= 15 is 0 Å². The van der Waals surface area contributed by atoms with E-state index in [1.165, 1.54) is 37.3 Å². The second kappa shape index (κ2) is 13.6. The summed E-state index contributed by atoms with van der Waals surface area (Å²) in [6.45, 7) is 0.883. The van der Waals surface area contributed by atoms with Crippen LogP contribution in [-0.2, 0) is 38.6 Å². The number of carbonyl (C=O) groups excluding carboxylic acids is 3. The normalized spacial score (nSPS) is 11.3. The number of aromatic nitrogens is 2. The van der Waals surface area contributed by atoms with Crippen molar-refractivity contribution in [1.29, 1.82) is 0 Å². The summed E-state index contributed by atoms with van der Waals surface area (Å²) in [7, 11) is 1.18. The fourth-order valence-electron chi connectivity index (χ4n) is 3.79. The summed E-state index contributed by atoms with van der Waals surface area (Å²) in [6.07, 6.45) is 0.576.